The Hall–Kier alpha value is -4.15. The van der Waals surface area contributed by atoms with Gasteiger partial charge in [-0.3, -0.25) is 15.0 Å². The molecule has 0 aliphatic rings. The number of amidine groups is 1. The minimum absolute atomic E-state index is 0.0548. The lowest BCUT2D eigenvalue weighted by Gasteiger charge is -2.26. The zero-order chi connectivity index (χ0) is 30.1. The average molecular weight is 585 g/mol. The molecule has 0 radical (unpaired) electrons. The summed E-state index contributed by atoms with van der Waals surface area (Å²) in [6.07, 6.45) is -2.35. The van der Waals surface area contributed by atoms with Gasteiger partial charge in [-0.15, -0.1) is 0 Å². The first-order valence-corrected chi connectivity index (χ1v) is 13.3. The molecule has 0 bridgehead atoms. The predicted molar refractivity (Wildman–Crippen MR) is 154 cm³/mol. The Balaban J connectivity index is 1.93. The molecule has 0 saturated carbocycles. The van der Waals surface area contributed by atoms with Gasteiger partial charge in [-0.25, -0.2) is 8.81 Å². The van der Waals surface area contributed by atoms with Crippen molar-refractivity contribution in [1.82, 2.24) is 9.74 Å². The third-order valence-corrected chi connectivity index (χ3v) is 6.69. The summed E-state index contributed by atoms with van der Waals surface area (Å²) in [6, 6.07) is 17.4. The number of amides is 2. The van der Waals surface area contributed by atoms with E-state index in [-0.39, 0.29) is 36.3 Å². The molecular formula is C30H34ClFN4O5. The van der Waals surface area contributed by atoms with E-state index in [4.69, 9.17) is 37.1 Å². The first-order chi connectivity index (χ1) is 19.6. The van der Waals surface area contributed by atoms with Gasteiger partial charge in [0.05, 0.1) is 7.11 Å². The lowest BCUT2D eigenvalue weighted by atomic mass is 10.1. The van der Waals surface area contributed by atoms with Crippen LogP contribution in [0.15, 0.2) is 66.7 Å². The van der Waals surface area contributed by atoms with Crippen molar-refractivity contribution in [2.45, 2.75) is 45.6 Å². The van der Waals surface area contributed by atoms with E-state index in [1.807, 2.05) is 6.07 Å². The second-order valence-corrected chi connectivity index (χ2v) is 9.69. The zero-order valence-electron chi connectivity index (χ0n) is 23.3. The summed E-state index contributed by atoms with van der Waals surface area (Å²) in [5.41, 5.74) is 7.16. The van der Waals surface area contributed by atoms with Crippen LogP contribution in [0.5, 0.6) is 11.5 Å². The smallest absolute Gasteiger partial charge is 0.282 e. The fraction of sp³-hybridized carbons (Fsp3) is 0.300. The molecule has 0 fully saturated rings. The summed E-state index contributed by atoms with van der Waals surface area (Å²) >= 11 is 6.30. The summed E-state index contributed by atoms with van der Waals surface area (Å²) in [6.45, 7) is 5.34. The molecule has 0 saturated heterocycles. The molecule has 2 atom stereocenters. The maximum Gasteiger partial charge on any atom is 0.282 e. The van der Waals surface area contributed by atoms with Gasteiger partial charge in [0.25, 0.3) is 11.8 Å². The second-order valence-electron chi connectivity index (χ2n) is 9.33. The summed E-state index contributed by atoms with van der Waals surface area (Å²) in [5, 5.41) is 10.6. The highest BCUT2D eigenvalue weighted by Crippen LogP contribution is 2.30. The summed E-state index contributed by atoms with van der Waals surface area (Å²) in [5.74, 6) is -1.42. The molecule has 2 unspecified atom stereocenters. The Morgan fingerprint density at radius 1 is 1.07 bits per heavy atom. The number of benzene rings is 3. The van der Waals surface area contributed by atoms with E-state index in [9.17, 15) is 14.0 Å². The molecular weight excluding hydrogens is 551 g/mol. The lowest BCUT2D eigenvalue weighted by molar-refractivity contribution is -0.135. The highest BCUT2D eigenvalue weighted by molar-refractivity contribution is 6.22. The number of methoxy groups -OCH3 is 1. The number of nitrogens with two attached hydrogens (primary N) is 1. The largest absolute Gasteiger partial charge is 0.497 e. The third kappa shape index (κ3) is 7.96. The van der Waals surface area contributed by atoms with E-state index in [0.29, 0.717) is 22.4 Å². The van der Waals surface area contributed by atoms with Gasteiger partial charge in [0, 0.05) is 59.3 Å². The maximum absolute atomic E-state index is 14.8. The molecule has 0 spiro atoms. The number of hydrogen-bond donors (Lipinski definition) is 3. The standard InChI is InChI=1S/C30H34ClFN4O5/c1-5-40-27(23-14-13-22(39-4)16-24(23)32)29(37)35-17-21-12-11-20(28(33)34)15-25(21)41-26(19-9-7-6-8-10-19)30(38)36(31)18(2)3/h6-16,18,26-27H,5,17H2,1-4H3,(H3,33,34)(H,35,37). The van der Waals surface area contributed by atoms with Crippen molar-refractivity contribution in [1.29, 1.82) is 5.41 Å². The minimum Gasteiger partial charge on any atom is -0.497 e. The Morgan fingerprint density at radius 3 is 2.37 bits per heavy atom. The number of carbonyl (C=O) groups is 2. The van der Waals surface area contributed by atoms with E-state index in [1.165, 1.54) is 25.3 Å². The van der Waals surface area contributed by atoms with Crippen LogP contribution in [0.3, 0.4) is 0 Å². The van der Waals surface area contributed by atoms with Gasteiger partial charge >= 0.3 is 0 Å². The van der Waals surface area contributed by atoms with Crippen molar-refractivity contribution < 1.29 is 28.2 Å². The summed E-state index contributed by atoms with van der Waals surface area (Å²) in [4.78, 5) is 26.6. The molecule has 3 aromatic carbocycles. The van der Waals surface area contributed by atoms with Gasteiger partial charge in [0.2, 0.25) is 6.10 Å². The van der Waals surface area contributed by atoms with Crippen LogP contribution in [0.1, 0.15) is 55.2 Å². The average Bonchev–Trinajstić information content (AvgIpc) is 2.97. The van der Waals surface area contributed by atoms with Crippen molar-refractivity contribution in [3.63, 3.8) is 0 Å². The van der Waals surface area contributed by atoms with Crippen molar-refractivity contribution in [2.75, 3.05) is 13.7 Å². The van der Waals surface area contributed by atoms with Crippen molar-refractivity contribution in [3.05, 3.63) is 94.8 Å². The number of nitrogen functional groups attached to an aromatic ring is 1. The number of ether oxygens (including phenoxy) is 3. The van der Waals surface area contributed by atoms with Crippen LogP contribution in [0.25, 0.3) is 0 Å². The van der Waals surface area contributed by atoms with Gasteiger partial charge < -0.3 is 25.3 Å². The fourth-order valence-electron chi connectivity index (χ4n) is 3.96. The van der Waals surface area contributed by atoms with E-state index >= 15 is 0 Å². The molecule has 0 aliphatic carbocycles. The van der Waals surface area contributed by atoms with E-state index in [0.717, 1.165) is 4.42 Å². The second kappa shape index (κ2) is 14.5. The fourth-order valence-corrected chi connectivity index (χ4v) is 4.04. The van der Waals surface area contributed by atoms with E-state index < -0.39 is 29.8 Å². The topological polar surface area (TPSA) is 127 Å². The number of rotatable bonds is 13. The van der Waals surface area contributed by atoms with Gasteiger partial charge in [-0.05, 0) is 39.0 Å². The van der Waals surface area contributed by atoms with Gasteiger partial charge in [-0.2, -0.15) is 0 Å². The Morgan fingerprint density at radius 2 is 1.78 bits per heavy atom. The molecule has 4 N–H and O–H groups in total. The first kappa shape index (κ1) is 31.4. The number of nitrogens with zero attached hydrogens (tertiary/aromatic N) is 1. The quantitative estimate of drug-likeness (QED) is 0.147. The lowest BCUT2D eigenvalue weighted by Crippen LogP contribution is -2.35. The molecule has 41 heavy (non-hydrogen) atoms. The van der Waals surface area contributed by atoms with E-state index in [1.54, 1.807) is 63.2 Å². The maximum atomic E-state index is 14.8. The summed E-state index contributed by atoms with van der Waals surface area (Å²) in [7, 11) is 1.42. The van der Waals surface area contributed by atoms with Crippen LogP contribution in [0, 0.1) is 11.2 Å². The third-order valence-electron chi connectivity index (χ3n) is 6.13. The monoisotopic (exact) mass is 584 g/mol. The molecule has 3 aromatic rings. The van der Waals surface area contributed by atoms with Crippen LogP contribution < -0.4 is 20.5 Å². The SMILES string of the molecule is CCOC(C(=O)NCc1ccc(C(=N)N)cc1OC(C(=O)N(Cl)C(C)C)c1ccccc1)c1ccc(OC)cc1F. The number of nitrogens with one attached hydrogen (secondary N) is 2. The molecule has 11 heteroatoms. The normalized spacial score (nSPS) is 12.4. The molecule has 0 heterocycles. The number of carbonyl (C=O) groups excluding carboxylic acids is 2. The number of hydrogen-bond acceptors (Lipinski definition) is 6. The molecule has 2 amide bonds. The van der Waals surface area contributed by atoms with Crippen molar-refractivity contribution >= 4 is 29.4 Å². The highest BCUT2D eigenvalue weighted by Gasteiger charge is 2.30. The molecule has 9 nitrogen and oxygen atoms in total. The predicted octanol–water partition coefficient (Wildman–Crippen LogP) is 5.02. The van der Waals surface area contributed by atoms with Crippen molar-refractivity contribution in [2.24, 2.45) is 5.73 Å². The van der Waals surface area contributed by atoms with Crippen molar-refractivity contribution in [3.8, 4) is 11.5 Å². The number of halogens is 2. The van der Waals surface area contributed by atoms with Gasteiger partial charge in [0.15, 0.2) is 6.10 Å². The molecule has 3 rings (SSSR count). The molecule has 0 aliphatic heterocycles. The van der Waals surface area contributed by atoms with Gasteiger partial charge in [-0.1, -0.05) is 42.5 Å². The molecule has 218 valence electrons. The van der Waals surface area contributed by atoms with Gasteiger partial charge in [0.1, 0.15) is 23.2 Å². The Kier molecular flexibility index (Phi) is 11.1. The Bertz CT molecular complexity index is 1370. The van der Waals surface area contributed by atoms with Crippen LogP contribution in [0.2, 0.25) is 0 Å². The highest BCUT2D eigenvalue weighted by atomic mass is 35.5. The van der Waals surface area contributed by atoms with Crippen LogP contribution in [-0.2, 0) is 20.9 Å². The van der Waals surface area contributed by atoms with Crippen LogP contribution in [0.4, 0.5) is 4.39 Å². The van der Waals surface area contributed by atoms with Crippen LogP contribution >= 0.6 is 11.8 Å². The zero-order valence-corrected chi connectivity index (χ0v) is 24.1. The first-order valence-electron chi connectivity index (χ1n) is 13.0. The summed E-state index contributed by atoms with van der Waals surface area (Å²) < 4.78 is 32.7. The van der Waals surface area contributed by atoms with Crippen LogP contribution in [-0.4, -0.2) is 41.8 Å². The minimum atomic E-state index is -1.22. The van der Waals surface area contributed by atoms with E-state index in [2.05, 4.69) is 5.32 Å². The Labute approximate surface area is 244 Å². The molecule has 0 aromatic heterocycles.